The molecule has 1 N–H and O–H groups in total. The van der Waals surface area contributed by atoms with E-state index in [1.54, 1.807) is 6.92 Å². The summed E-state index contributed by atoms with van der Waals surface area (Å²) in [7, 11) is 0. The largest absolute Gasteiger partial charge is 0.462 e. The fourth-order valence-electron chi connectivity index (χ4n) is 6.85. The van der Waals surface area contributed by atoms with E-state index in [9.17, 15) is 9.90 Å². The molecule has 0 heterocycles. The van der Waals surface area contributed by atoms with Crippen molar-refractivity contribution in [3.8, 4) is 11.1 Å². The first kappa shape index (κ1) is 28.6. The average molecular weight is 517 g/mol. The molecule has 0 unspecified atom stereocenters. The SMILES string of the molecule is C=C(C)C(=O)OCCCc1cc(-c2ccc(C3CCC(C4CCC(C)CC4)CC3)cc2CC)ccc1CO. The zero-order valence-electron chi connectivity index (χ0n) is 23.9. The normalized spacial score (nSPS) is 23.7. The molecule has 0 amide bonds. The molecular formula is C35H48O3. The van der Waals surface area contributed by atoms with E-state index in [0.29, 0.717) is 18.1 Å². The van der Waals surface area contributed by atoms with Gasteiger partial charge in [0.05, 0.1) is 13.2 Å². The van der Waals surface area contributed by atoms with Crippen molar-refractivity contribution in [1.82, 2.24) is 0 Å². The van der Waals surface area contributed by atoms with Crippen LogP contribution in [0, 0.1) is 17.8 Å². The van der Waals surface area contributed by atoms with E-state index >= 15 is 0 Å². The van der Waals surface area contributed by atoms with E-state index in [2.05, 4.69) is 50.8 Å². The number of aryl methyl sites for hydroxylation is 2. The monoisotopic (exact) mass is 516 g/mol. The van der Waals surface area contributed by atoms with Crippen molar-refractivity contribution in [3.05, 3.63) is 70.8 Å². The zero-order chi connectivity index (χ0) is 27.1. The van der Waals surface area contributed by atoms with Gasteiger partial charge in [-0.25, -0.2) is 4.79 Å². The second-order valence-corrected chi connectivity index (χ2v) is 12.1. The maximum Gasteiger partial charge on any atom is 0.333 e. The summed E-state index contributed by atoms with van der Waals surface area (Å²) in [6.07, 6.45) is 13.8. The lowest BCUT2D eigenvalue weighted by molar-refractivity contribution is -0.139. The van der Waals surface area contributed by atoms with Crippen LogP contribution in [0.2, 0.25) is 0 Å². The van der Waals surface area contributed by atoms with Crippen molar-refractivity contribution in [2.75, 3.05) is 6.61 Å². The molecular weight excluding hydrogens is 468 g/mol. The molecule has 2 saturated carbocycles. The van der Waals surface area contributed by atoms with Crippen molar-refractivity contribution in [2.45, 2.75) is 104 Å². The van der Waals surface area contributed by atoms with Crippen LogP contribution in [0.25, 0.3) is 11.1 Å². The average Bonchev–Trinajstić information content (AvgIpc) is 2.95. The Hall–Kier alpha value is -2.39. The van der Waals surface area contributed by atoms with Crippen LogP contribution in [0.5, 0.6) is 0 Å². The number of rotatable bonds is 10. The van der Waals surface area contributed by atoms with Crippen molar-refractivity contribution >= 4 is 5.97 Å². The highest BCUT2D eigenvalue weighted by Gasteiger charge is 2.30. The first-order valence-corrected chi connectivity index (χ1v) is 15.1. The Balaban J connectivity index is 1.42. The van der Waals surface area contributed by atoms with Crippen molar-refractivity contribution in [3.63, 3.8) is 0 Å². The van der Waals surface area contributed by atoms with Crippen LogP contribution in [-0.2, 0) is 29.0 Å². The van der Waals surface area contributed by atoms with Crippen molar-refractivity contribution < 1.29 is 14.6 Å². The van der Waals surface area contributed by atoms with Gasteiger partial charge in [0.25, 0.3) is 0 Å². The number of aliphatic hydroxyl groups is 1. The van der Waals surface area contributed by atoms with Crippen LogP contribution in [0.1, 0.15) is 107 Å². The summed E-state index contributed by atoms with van der Waals surface area (Å²) in [5.41, 5.74) is 7.91. The third-order valence-electron chi connectivity index (χ3n) is 9.34. The summed E-state index contributed by atoms with van der Waals surface area (Å²) >= 11 is 0. The lowest BCUT2D eigenvalue weighted by Crippen LogP contribution is -2.24. The summed E-state index contributed by atoms with van der Waals surface area (Å²) in [5, 5.41) is 9.90. The quantitative estimate of drug-likeness (QED) is 0.195. The Labute approximate surface area is 230 Å². The minimum absolute atomic E-state index is 0.0172. The highest BCUT2D eigenvalue weighted by atomic mass is 16.5. The molecule has 4 rings (SSSR count). The number of aliphatic hydroxyl groups excluding tert-OH is 1. The Kier molecular flexibility index (Phi) is 10.2. The first-order valence-electron chi connectivity index (χ1n) is 15.1. The molecule has 0 aliphatic heterocycles. The number of hydrogen-bond donors (Lipinski definition) is 1. The van der Waals surface area contributed by atoms with Crippen LogP contribution in [0.3, 0.4) is 0 Å². The van der Waals surface area contributed by atoms with Gasteiger partial charge in [0, 0.05) is 5.57 Å². The lowest BCUT2D eigenvalue weighted by atomic mass is 9.68. The van der Waals surface area contributed by atoms with E-state index in [4.69, 9.17) is 4.74 Å². The van der Waals surface area contributed by atoms with Gasteiger partial charge in [-0.2, -0.15) is 0 Å². The number of ether oxygens (including phenoxy) is 1. The molecule has 2 aromatic carbocycles. The van der Waals surface area contributed by atoms with Gasteiger partial charge in [0.15, 0.2) is 0 Å². The Bertz CT molecular complexity index is 1080. The molecule has 206 valence electrons. The van der Waals surface area contributed by atoms with E-state index < -0.39 is 0 Å². The molecule has 2 aliphatic carbocycles. The van der Waals surface area contributed by atoms with Gasteiger partial charge >= 0.3 is 5.97 Å². The van der Waals surface area contributed by atoms with Gasteiger partial charge in [-0.05, 0) is 122 Å². The molecule has 0 atom stereocenters. The molecule has 3 nitrogen and oxygen atoms in total. The third kappa shape index (κ3) is 7.17. The molecule has 2 fully saturated rings. The van der Waals surface area contributed by atoms with Crippen LogP contribution in [0.15, 0.2) is 48.6 Å². The van der Waals surface area contributed by atoms with Crippen LogP contribution >= 0.6 is 0 Å². The maximum absolute atomic E-state index is 11.7. The molecule has 3 heteroatoms. The van der Waals surface area contributed by atoms with Gasteiger partial charge in [-0.3, -0.25) is 0 Å². The number of carbonyl (C=O) groups is 1. The van der Waals surface area contributed by atoms with E-state index in [1.165, 1.54) is 73.6 Å². The maximum atomic E-state index is 11.7. The van der Waals surface area contributed by atoms with Crippen molar-refractivity contribution in [2.24, 2.45) is 17.8 Å². The van der Waals surface area contributed by atoms with Crippen LogP contribution in [0.4, 0.5) is 0 Å². The molecule has 0 bridgehead atoms. The fraction of sp³-hybridized carbons (Fsp3) is 0.571. The first-order chi connectivity index (χ1) is 18.4. The van der Waals surface area contributed by atoms with E-state index in [0.717, 1.165) is 48.1 Å². The minimum Gasteiger partial charge on any atom is -0.462 e. The molecule has 2 aromatic rings. The Morgan fingerprint density at radius 3 is 2.24 bits per heavy atom. The van der Waals surface area contributed by atoms with E-state index in [-0.39, 0.29) is 12.6 Å². The topological polar surface area (TPSA) is 46.5 Å². The number of esters is 1. The standard InChI is InChI=1S/C35H48O3/c1-5-26-21-31(29-14-12-28(13-15-29)27-10-8-25(4)9-11-27)18-19-34(26)32-16-17-33(23-36)30(22-32)7-6-20-38-35(37)24(2)3/h16-19,21-22,25,27-29,36H,2,5-15,20,23H2,1,3-4H3. The highest BCUT2D eigenvalue weighted by Crippen LogP contribution is 2.44. The van der Waals surface area contributed by atoms with E-state index in [1.807, 2.05) is 6.07 Å². The zero-order valence-corrected chi connectivity index (χ0v) is 23.9. The summed E-state index contributed by atoms with van der Waals surface area (Å²) in [6, 6.07) is 13.6. The molecule has 0 spiro atoms. The molecule has 2 aliphatic rings. The molecule has 38 heavy (non-hydrogen) atoms. The van der Waals surface area contributed by atoms with Gasteiger partial charge in [0.1, 0.15) is 0 Å². The van der Waals surface area contributed by atoms with Gasteiger partial charge in [0.2, 0.25) is 0 Å². The van der Waals surface area contributed by atoms with Crippen LogP contribution in [-0.4, -0.2) is 17.7 Å². The second-order valence-electron chi connectivity index (χ2n) is 12.1. The summed E-state index contributed by atoms with van der Waals surface area (Å²) in [5.74, 6) is 3.23. The van der Waals surface area contributed by atoms with Gasteiger partial charge < -0.3 is 9.84 Å². The lowest BCUT2D eigenvalue weighted by Gasteiger charge is -2.37. The second kappa shape index (κ2) is 13.6. The minimum atomic E-state index is -0.342. The van der Waals surface area contributed by atoms with Crippen LogP contribution < -0.4 is 0 Å². The Morgan fingerprint density at radius 1 is 0.921 bits per heavy atom. The smallest absolute Gasteiger partial charge is 0.333 e. The highest BCUT2D eigenvalue weighted by molar-refractivity contribution is 5.86. The van der Waals surface area contributed by atoms with Gasteiger partial charge in [-0.15, -0.1) is 0 Å². The predicted molar refractivity (Wildman–Crippen MR) is 157 cm³/mol. The Morgan fingerprint density at radius 2 is 1.61 bits per heavy atom. The number of hydrogen-bond acceptors (Lipinski definition) is 3. The molecule has 0 saturated heterocycles. The predicted octanol–water partition coefficient (Wildman–Crippen LogP) is 8.56. The fourth-order valence-corrected chi connectivity index (χ4v) is 6.85. The summed E-state index contributed by atoms with van der Waals surface area (Å²) in [4.78, 5) is 11.7. The molecule has 0 radical (unpaired) electrons. The number of carbonyl (C=O) groups excluding carboxylic acids is 1. The van der Waals surface area contributed by atoms with Crippen molar-refractivity contribution in [1.29, 1.82) is 0 Å². The third-order valence-corrected chi connectivity index (χ3v) is 9.34. The molecule has 0 aromatic heterocycles. The summed E-state index contributed by atoms with van der Waals surface area (Å²) < 4.78 is 5.27. The van der Waals surface area contributed by atoms with Gasteiger partial charge in [-0.1, -0.05) is 69.7 Å². The number of benzene rings is 2. The summed E-state index contributed by atoms with van der Waals surface area (Å²) in [6.45, 7) is 10.3.